The normalized spacial score (nSPS) is 13.3. The van der Waals surface area contributed by atoms with E-state index in [-0.39, 0.29) is 10.8 Å². The quantitative estimate of drug-likeness (QED) is 0.907. The molecule has 1 aromatic rings. The van der Waals surface area contributed by atoms with E-state index in [1.807, 2.05) is 19.1 Å². The topological polar surface area (TPSA) is 70.0 Å². The molecule has 5 heteroatoms. The molecule has 0 amide bonds. The van der Waals surface area contributed by atoms with Crippen molar-refractivity contribution in [2.75, 3.05) is 0 Å². The fourth-order valence-electron chi connectivity index (χ4n) is 1.54. The number of sulfonamides is 1. The highest BCUT2D eigenvalue weighted by molar-refractivity contribution is 7.89. The zero-order valence-electron chi connectivity index (χ0n) is 11.1. The molecule has 1 unspecified atom stereocenters. The van der Waals surface area contributed by atoms with Crippen molar-refractivity contribution in [3.05, 3.63) is 29.3 Å². The van der Waals surface area contributed by atoms with Crippen LogP contribution in [-0.4, -0.2) is 14.5 Å². The Morgan fingerprint density at radius 1 is 1.28 bits per heavy atom. The first kappa shape index (κ1) is 14.7. The third-order valence-corrected chi connectivity index (χ3v) is 4.30. The number of nitriles is 1. The van der Waals surface area contributed by atoms with Crippen molar-refractivity contribution in [3.8, 4) is 6.07 Å². The van der Waals surface area contributed by atoms with Crippen LogP contribution in [0.2, 0.25) is 0 Å². The van der Waals surface area contributed by atoms with Crippen LogP contribution < -0.4 is 4.72 Å². The van der Waals surface area contributed by atoms with Crippen LogP contribution >= 0.6 is 0 Å². The molecule has 0 aromatic heterocycles. The summed E-state index contributed by atoms with van der Waals surface area (Å²) >= 11 is 0. The standard InChI is InChI=1S/C13H18N2O2S/c1-9(2)12(8-14)15-18(16,17)13-7-10(3)5-6-11(13)4/h5-7,9,12,15H,1-4H3. The summed E-state index contributed by atoms with van der Waals surface area (Å²) in [5.74, 6) is -0.0742. The van der Waals surface area contributed by atoms with Gasteiger partial charge in [0.25, 0.3) is 0 Å². The molecule has 1 N–H and O–H groups in total. The van der Waals surface area contributed by atoms with E-state index < -0.39 is 16.1 Å². The number of aryl methyl sites for hydroxylation is 2. The van der Waals surface area contributed by atoms with Crippen LogP contribution in [0.25, 0.3) is 0 Å². The molecular formula is C13H18N2O2S. The lowest BCUT2D eigenvalue weighted by Gasteiger charge is -2.16. The Morgan fingerprint density at radius 2 is 1.89 bits per heavy atom. The van der Waals surface area contributed by atoms with Gasteiger partial charge in [-0.3, -0.25) is 0 Å². The van der Waals surface area contributed by atoms with Gasteiger partial charge in [-0.1, -0.05) is 26.0 Å². The number of hydrogen-bond acceptors (Lipinski definition) is 3. The van der Waals surface area contributed by atoms with Crippen molar-refractivity contribution in [2.45, 2.75) is 38.6 Å². The van der Waals surface area contributed by atoms with Crippen molar-refractivity contribution < 1.29 is 8.42 Å². The van der Waals surface area contributed by atoms with E-state index in [1.54, 1.807) is 32.9 Å². The third kappa shape index (κ3) is 3.31. The molecule has 0 bridgehead atoms. The van der Waals surface area contributed by atoms with Gasteiger partial charge < -0.3 is 0 Å². The molecule has 98 valence electrons. The van der Waals surface area contributed by atoms with Gasteiger partial charge in [-0.2, -0.15) is 9.98 Å². The lowest BCUT2D eigenvalue weighted by atomic mass is 10.1. The molecule has 4 nitrogen and oxygen atoms in total. The van der Waals surface area contributed by atoms with Gasteiger partial charge >= 0.3 is 0 Å². The summed E-state index contributed by atoms with van der Waals surface area (Å²) < 4.78 is 26.9. The highest BCUT2D eigenvalue weighted by Gasteiger charge is 2.23. The summed E-state index contributed by atoms with van der Waals surface area (Å²) in [4.78, 5) is 0.239. The molecule has 0 heterocycles. The van der Waals surface area contributed by atoms with Gasteiger partial charge in [0, 0.05) is 0 Å². The van der Waals surface area contributed by atoms with E-state index in [0.717, 1.165) is 5.56 Å². The van der Waals surface area contributed by atoms with E-state index in [1.165, 1.54) is 0 Å². The third-order valence-electron chi connectivity index (χ3n) is 2.72. The van der Waals surface area contributed by atoms with Crippen molar-refractivity contribution in [3.63, 3.8) is 0 Å². The smallest absolute Gasteiger partial charge is 0.207 e. The summed E-state index contributed by atoms with van der Waals surface area (Å²) in [6.45, 7) is 7.19. The SMILES string of the molecule is Cc1ccc(C)c(S(=O)(=O)NC(C#N)C(C)C)c1. The molecule has 1 rings (SSSR count). The van der Waals surface area contributed by atoms with Gasteiger partial charge in [-0.15, -0.1) is 0 Å². The number of benzene rings is 1. The van der Waals surface area contributed by atoms with E-state index in [0.29, 0.717) is 5.56 Å². The van der Waals surface area contributed by atoms with Crippen LogP contribution in [0.5, 0.6) is 0 Å². The highest BCUT2D eigenvalue weighted by atomic mass is 32.2. The second-order valence-electron chi connectivity index (χ2n) is 4.74. The lowest BCUT2D eigenvalue weighted by Crippen LogP contribution is -2.37. The molecule has 0 fully saturated rings. The fourth-order valence-corrected chi connectivity index (χ4v) is 3.16. The first-order valence-electron chi connectivity index (χ1n) is 5.77. The predicted molar refractivity (Wildman–Crippen MR) is 70.5 cm³/mol. The van der Waals surface area contributed by atoms with Crippen LogP contribution in [0.1, 0.15) is 25.0 Å². The Bertz CT molecular complexity index is 571. The summed E-state index contributed by atoms with van der Waals surface area (Å²) in [5.41, 5.74) is 1.55. The maximum atomic E-state index is 12.2. The number of nitrogens with one attached hydrogen (secondary N) is 1. The van der Waals surface area contributed by atoms with E-state index >= 15 is 0 Å². The van der Waals surface area contributed by atoms with E-state index in [2.05, 4.69) is 4.72 Å². The van der Waals surface area contributed by atoms with Crippen molar-refractivity contribution >= 4 is 10.0 Å². The Kier molecular flexibility index (Phi) is 4.49. The first-order valence-corrected chi connectivity index (χ1v) is 7.25. The van der Waals surface area contributed by atoms with E-state index in [9.17, 15) is 8.42 Å². The Hall–Kier alpha value is -1.38. The zero-order chi connectivity index (χ0) is 13.9. The molecule has 0 spiro atoms. The largest absolute Gasteiger partial charge is 0.242 e. The lowest BCUT2D eigenvalue weighted by molar-refractivity contribution is 0.515. The first-order chi connectivity index (χ1) is 8.27. The maximum absolute atomic E-state index is 12.2. The highest BCUT2D eigenvalue weighted by Crippen LogP contribution is 2.17. The number of rotatable bonds is 4. The Labute approximate surface area is 109 Å². The minimum absolute atomic E-state index is 0.0742. The Balaban J connectivity index is 3.15. The van der Waals surface area contributed by atoms with Crippen molar-refractivity contribution in [2.24, 2.45) is 5.92 Å². The minimum atomic E-state index is -3.64. The summed E-state index contributed by atoms with van der Waals surface area (Å²) in [6, 6.07) is 6.50. The van der Waals surface area contributed by atoms with Gasteiger partial charge in [0.05, 0.1) is 11.0 Å². The molecule has 0 saturated heterocycles. The molecule has 0 saturated carbocycles. The molecule has 0 aliphatic heterocycles. The van der Waals surface area contributed by atoms with Crippen LogP contribution in [0.15, 0.2) is 23.1 Å². The van der Waals surface area contributed by atoms with Crippen LogP contribution in [0, 0.1) is 31.1 Å². The second kappa shape index (κ2) is 5.51. The molecule has 18 heavy (non-hydrogen) atoms. The average Bonchev–Trinajstić information content (AvgIpc) is 2.28. The van der Waals surface area contributed by atoms with Gasteiger partial charge in [-0.25, -0.2) is 8.42 Å². The summed E-state index contributed by atoms with van der Waals surface area (Å²) in [7, 11) is -3.64. The van der Waals surface area contributed by atoms with Crippen LogP contribution in [-0.2, 0) is 10.0 Å². The van der Waals surface area contributed by atoms with Crippen molar-refractivity contribution in [1.82, 2.24) is 4.72 Å². The van der Waals surface area contributed by atoms with Gasteiger partial charge in [0.15, 0.2) is 0 Å². The average molecular weight is 266 g/mol. The minimum Gasteiger partial charge on any atom is -0.207 e. The second-order valence-corrected chi connectivity index (χ2v) is 6.42. The van der Waals surface area contributed by atoms with Crippen LogP contribution in [0.4, 0.5) is 0 Å². The van der Waals surface area contributed by atoms with E-state index in [4.69, 9.17) is 5.26 Å². The molecule has 1 aromatic carbocycles. The summed E-state index contributed by atoms with van der Waals surface area (Å²) in [6.07, 6.45) is 0. The molecular weight excluding hydrogens is 248 g/mol. The number of hydrogen-bond donors (Lipinski definition) is 1. The van der Waals surface area contributed by atoms with Gasteiger partial charge in [0.1, 0.15) is 6.04 Å². The van der Waals surface area contributed by atoms with Crippen LogP contribution in [0.3, 0.4) is 0 Å². The molecule has 0 aliphatic rings. The predicted octanol–water partition coefficient (Wildman–Crippen LogP) is 2.13. The number of nitrogens with zero attached hydrogens (tertiary/aromatic N) is 1. The summed E-state index contributed by atoms with van der Waals surface area (Å²) in [5, 5.41) is 8.95. The molecule has 0 aliphatic carbocycles. The molecule has 0 radical (unpaired) electrons. The molecule has 1 atom stereocenters. The zero-order valence-corrected chi connectivity index (χ0v) is 11.9. The fraction of sp³-hybridized carbons (Fsp3) is 0.462. The van der Waals surface area contributed by atoms with Gasteiger partial charge in [0.2, 0.25) is 10.0 Å². The Morgan fingerprint density at radius 3 is 2.39 bits per heavy atom. The maximum Gasteiger partial charge on any atom is 0.242 e. The van der Waals surface area contributed by atoms with Crippen molar-refractivity contribution in [1.29, 1.82) is 5.26 Å². The van der Waals surface area contributed by atoms with Gasteiger partial charge in [-0.05, 0) is 37.0 Å². The monoisotopic (exact) mass is 266 g/mol.